The van der Waals surface area contributed by atoms with Gasteiger partial charge in [0.15, 0.2) is 5.82 Å². The van der Waals surface area contributed by atoms with Gasteiger partial charge in [-0.05, 0) is 47.2 Å². The third-order valence-electron chi connectivity index (χ3n) is 5.46. The molecule has 0 aliphatic heterocycles. The number of nitrogens with zero attached hydrogens (tertiary/aromatic N) is 3. The molecule has 1 N–H and O–H groups in total. The number of nitrogens with one attached hydrogen (secondary N) is 1. The number of amides is 1. The minimum atomic E-state index is -0.527. The third kappa shape index (κ3) is 10.3. The largest absolute Gasteiger partial charge is 0.460 e. The van der Waals surface area contributed by atoms with Crippen molar-refractivity contribution >= 4 is 11.9 Å². The van der Waals surface area contributed by atoms with E-state index in [0.29, 0.717) is 18.3 Å². The van der Waals surface area contributed by atoms with Crippen molar-refractivity contribution in [1.82, 2.24) is 20.4 Å². The van der Waals surface area contributed by atoms with E-state index in [4.69, 9.17) is 9.26 Å². The number of rotatable bonds is 11. The van der Waals surface area contributed by atoms with Crippen molar-refractivity contribution in [3.05, 3.63) is 11.7 Å². The first-order valence-electron chi connectivity index (χ1n) is 11.6. The Balaban J connectivity index is 1.95. The Hall–Kier alpha value is -1.96. The molecule has 1 heterocycles. The molecule has 31 heavy (non-hydrogen) atoms. The monoisotopic (exact) mass is 436 g/mol. The average Bonchev–Trinajstić information content (AvgIpc) is 3.13. The molecule has 2 rings (SSSR count). The van der Waals surface area contributed by atoms with Crippen LogP contribution in [0.2, 0.25) is 0 Å². The van der Waals surface area contributed by atoms with Gasteiger partial charge in [0.2, 0.25) is 11.8 Å². The summed E-state index contributed by atoms with van der Waals surface area (Å²) in [6.45, 7) is 6.10. The maximum Gasteiger partial charge on any atom is 0.307 e. The summed E-state index contributed by atoms with van der Waals surface area (Å²) in [5, 5.41) is 6.78. The smallest absolute Gasteiger partial charge is 0.307 e. The van der Waals surface area contributed by atoms with Crippen molar-refractivity contribution in [3.8, 4) is 0 Å². The first kappa shape index (κ1) is 25.3. The minimum Gasteiger partial charge on any atom is -0.460 e. The van der Waals surface area contributed by atoms with Crippen LogP contribution in [0.4, 0.5) is 0 Å². The molecule has 1 aliphatic carbocycles. The first-order valence-corrected chi connectivity index (χ1v) is 11.6. The Morgan fingerprint density at radius 1 is 1.23 bits per heavy atom. The molecule has 1 fully saturated rings. The van der Waals surface area contributed by atoms with E-state index < -0.39 is 5.60 Å². The molecule has 0 bridgehead atoms. The predicted octanol–water partition coefficient (Wildman–Crippen LogP) is 3.81. The quantitative estimate of drug-likeness (QED) is 0.527. The van der Waals surface area contributed by atoms with E-state index in [0.717, 1.165) is 18.8 Å². The summed E-state index contributed by atoms with van der Waals surface area (Å²) in [5.74, 6) is 1.14. The normalized spacial score (nSPS) is 16.3. The molecule has 1 unspecified atom stereocenters. The topological polar surface area (TPSA) is 97.6 Å². The summed E-state index contributed by atoms with van der Waals surface area (Å²) in [5.41, 5.74) is -0.527. The number of hydrogen-bond acceptors (Lipinski definition) is 7. The second kappa shape index (κ2) is 12.2. The molecule has 1 aromatic heterocycles. The maximum atomic E-state index is 12.5. The number of carbonyl (C=O) groups excluding carboxylic acids is 2. The van der Waals surface area contributed by atoms with Crippen LogP contribution in [0.15, 0.2) is 4.52 Å². The predicted molar refractivity (Wildman–Crippen MR) is 118 cm³/mol. The highest BCUT2D eigenvalue weighted by Gasteiger charge is 2.26. The Morgan fingerprint density at radius 3 is 2.58 bits per heavy atom. The molecule has 1 aromatic rings. The summed E-state index contributed by atoms with van der Waals surface area (Å²) >= 11 is 0. The number of esters is 1. The Labute approximate surface area is 186 Å². The molecule has 176 valence electrons. The Morgan fingerprint density at radius 2 is 1.94 bits per heavy atom. The molecular formula is C23H40N4O4. The van der Waals surface area contributed by atoms with Crippen LogP contribution >= 0.6 is 0 Å². The van der Waals surface area contributed by atoms with Crippen molar-refractivity contribution in [2.45, 2.75) is 96.6 Å². The molecule has 1 saturated carbocycles. The van der Waals surface area contributed by atoms with Gasteiger partial charge in [-0.2, -0.15) is 4.98 Å². The molecule has 1 atom stereocenters. The summed E-state index contributed by atoms with van der Waals surface area (Å²) < 4.78 is 11.0. The molecule has 1 amide bonds. The lowest BCUT2D eigenvalue weighted by Gasteiger charge is -2.23. The van der Waals surface area contributed by atoms with E-state index in [1.54, 1.807) is 4.90 Å². The lowest BCUT2D eigenvalue weighted by atomic mass is 9.84. The minimum absolute atomic E-state index is 0.103. The van der Waals surface area contributed by atoms with Gasteiger partial charge in [0.1, 0.15) is 5.60 Å². The molecule has 0 aromatic carbocycles. The van der Waals surface area contributed by atoms with Gasteiger partial charge in [-0.1, -0.05) is 50.1 Å². The molecule has 0 radical (unpaired) electrons. The number of ether oxygens (including phenoxy) is 1. The first-order chi connectivity index (χ1) is 14.6. The molecule has 0 saturated heterocycles. The number of aromatic nitrogens is 2. The summed E-state index contributed by atoms with van der Waals surface area (Å²) in [7, 11) is 3.67. The standard InChI is InChI=1S/C23H40N4O4/c1-23(2,3)30-21(29)14-18(13-9-12-17-10-7-6-8-11-17)22-25-19(26-31-22)15-24-20(28)16-27(4)5/h17-18H,6-16H2,1-5H3,(H,24,28). The molecular weight excluding hydrogens is 396 g/mol. The van der Waals surface area contributed by atoms with Crippen molar-refractivity contribution in [2.24, 2.45) is 5.92 Å². The average molecular weight is 437 g/mol. The fourth-order valence-electron chi connectivity index (χ4n) is 4.05. The van der Waals surface area contributed by atoms with Crippen LogP contribution in [0.3, 0.4) is 0 Å². The number of carbonyl (C=O) groups is 2. The van der Waals surface area contributed by atoms with Gasteiger partial charge in [-0.25, -0.2) is 0 Å². The van der Waals surface area contributed by atoms with E-state index in [2.05, 4.69) is 15.5 Å². The van der Waals surface area contributed by atoms with Crippen LogP contribution in [0.5, 0.6) is 0 Å². The highest BCUT2D eigenvalue weighted by molar-refractivity contribution is 5.77. The van der Waals surface area contributed by atoms with Crippen molar-refractivity contribution < 1.29 is 18.8 Å². The maximum absolute atomic E-state index is 12.5. The van der Waals surface area contributed by atoms with Gasteiger partial charge in [-0.15, -0.1) is 0 Å². The van der Waals surface area contributed by atoms with Gasteiger partial charge in [0.25, 0.3) is 0 Å². The number of likely N-dealkylation sites (N-methyl/N-ethyl adjacent to an activating group) is 1. The summed E-state index contributed by atoms with van der Waals surface area (Å²) in [6, 6.07) is 0. The molecule has 8 nitrogen and oxygen atoms in total. The van der Waals surface area contributed by atoms with Gasteiger partial charge >= 0.3 is 5.97 Å². The zero-order chi connectivity index (χ0) is 22.9. The van der Waals surface area contributed by atoms with Crippen molar-refractivity contribution in [2.75, 3.05) is 20.6 Å². The zero-order valence-corrected chi connectivity index (χ0v) is 19.9. The fourth-order valence-corrected chi connectivity index (χ4v) is 4.05. The summed E-state index contributed by atoms with van der Waals surface area (Å²) in [4.78, 5) is 30.5. The molecule has 8 heteroatoms. The van der Waals surface area contributed by atoms with Crippen LogP contribution in [-0.4, -0.2) is 53.2 Å². The Bertz CT molecular complexity index is 690. The van der Waals surface area contributed by atoms with Crippen LogP contribution < -0.4 is 5.32 Å². The molecule has 0 spiro atoms. The van der Waals surface area contributed by atoms with Gasteiger partial charge < -0.3 is 19.5 Å². The Kier molecular flexibility index (Phi) is 9.93. The fraction of sp³-hybridized carbons (Fsp3) is 0.826. The lowest BCUT2D eigenvalue weighted by Crippen LogP contribution is -2.33. The lowest BCUT2D eigenvalue weighted by molar-refractivity contribution is -0.155. The van der Waals surface area contributed by atoms with E-state index in [1.165, 1.54) is 38.5 Å². The second-order valence-corrected chi connectivity index (χ2v) is 9.99. The SMILES string of the molecule is CN(C)CC(=O)NCc1noc(C(CCCC2CCCCC2)CC(=O)OC(C)(C)C)n1. The van der Waals surface area contributed by atoms with Gasteiger partial charge in [-0.3, -0.25) is 9.59 Å². The van der Waals surface area contributed by atoms with Crippen molar-refractivity contribution in [3.63, 3.8) is 0 Å². The van der Waals surface area contributed by atoms with Crippen molar-refractivity contribution in [1.29, 1.82) is 0 Å². The third-order valence-corrected chi connectivity index (χ3v) is 5.46. The van der Waals surface area contributed by atoms with E-state index in [1.807, 2.05) is 34.9 Å². The van der Waals surface area contributed by atoms with Crippen LogP contribution in [0.1, 0.15) is 96.2 Å². The second-order valence-electron chi connectivity index (χ2n) is 9.99. The summed E-state index contributed by atoms with van der Waals surface area (Å²) in [6.07, 6.45) is 9.87. The highest BCUT2D eigenvalue weighted by Crippen LogP contribution is 2.31. The van der Waals surface area contributed by atoms with E-state index in [-0.39, 0.29) is 30.8 Å². The van der Waals surface area contributed by atoms with Gasteiger partial charge in [0.05, 0.1) is 19.5 Å². The highest BCUT2D eigenvalue weighted by atomic mass is 16.6. The van der Waals surface area contributed by atoms with Crippen LogP contribution in [0.25, 0.3) is 0 Å². The zero-order valence-electron chi connectivity index (χ0n) is 19.9. The van der Waals surface area contributed by atoms with E-state index >= 15 is 0 Å². The van der Waals surface area contributed by atoms with Crippen LogP contribution in [-0.2, 0) is 20.9 Å². The van der Waals surface area contributed by atoms with E-state index in [9.17, 15) is 9.59 Å². The van der Waals surface area contributed by atoms with Crippen LogP contribution in [0, 0.1) is 5.92 Å². The molecule has 1 aliphatic rings. The van der Waals surface area contributed by atoms with Gasteiger partial charge in [0, 0.05) is 5.92 Å². The number of hydrogen-bond donors (Lipinski definition) is 1.